The number of hydrogen-bond acceptors (Lipinski definition) is 5. The molecule has 19 heavy (non-hydrogen) atoms. The van der Waals surface area contributed by atoms with Gasteiger partial charge in [-0.25, -0.2) is 8.42 Å². The number of piperidine rings is 1. The Morgan fingerprint density at radius 3 is 2.42 bits per heavy atom. The zero-order valence-corrected chi connectivity index (χ0v) is 12.1. The fourth-order valence-electron chi connectivity index (χ4n) is 3.06. The monoisotopic (exact) mass is 301 g/mol. The minimum atomic E-state index is -2.81. The molecule has 104 valence electrons. The Balaban J connectivity index is 1.68. The van der Waals surface area contributed by atoms with Crippen LogP contribution in [0.3, 0.4) is 0 Å². The molecule has 0 amide bonds. The number of rotatable bonds is 1. The number of sulfone groups is 1. The van der Waals surface area contributed by atoms with Crippen molar-refractivity contribution in [3.8, 4) is 0 Å². The molecular weight excluding hydrogens is 286 g/mol. The lowest BCUT2D eigenvalue weighted by molar-refractivity contribution is 0.256. The molecule has 0 N–H and O–H groups in total. The molecule has 2 fully saturated rings. The highest BCUT2D eigenvalue weighted by Gasteiger charge is 2.44. The summed E-state index contributed by atoms with van der Waals surface area (Å²) < 4.78 is 23.3. The average Bonchev–Trinajstić information content (AvgIpc) is 2.67. The van der Waals surface area contributed by atoms with Crippen LogP contribution in [0.4, 0.5) is 5.82 Å². The first-order valence-electron chi connectivity index (χ1n) is 6.43. The molecular formula is C12H16ClN3O2S. The molecule has 0 radical (unpaired) electrons. The van der Waals surface area contributed by atoms with Gasteiger partial charge < -0.3 is 4.90 Å². The second-order valence-corrected chi connectivity index (χ2v) is 8.11. The third kappa shape index (κ3) is 2.69. The third-order valence-corrected chi connectivity index (χ3v) is 6.32. The normalized spacial score (nSPS) is 24.8. The van der Waals surface area contributed by atoms with Gasteiger partial charge in [-0.3, -0.25) is 0 Å². The summed E-state index contributed by atoms with van der Waals surface area (Å²) in [5, 5.41) is 8.30. The Morgan fingerprint density at radius 1 is 1.16 bits per heavy atom. The summed E-state index contributed by atoms with van der Waals surface area (Å²) in [6.07, 6.45) is 2.64. The molecule has 7 heteroatoms. The predicted molar refractivity (Wildman–Crippen MR) is 74.2 cm³/mol. The van der Waals surface area contributed by atoms with E-state index in [0.29, 0.717) is 16.7 Å². The van der Waals surface area contributed by atoms with Gasteiger partial charge in [0.05, 0.1) is 11.5 Å². The van der Waals surface area contributed by atoms with Crippen molar-refractivity contribution in [1.29, 1.82) is 0 Å². The Hall–Kier alpha value is -0.880. The summed E-state index contributed by atoms with van der Waals surface area (Å²) in [5.41, 5.74) is 0.00911. The lowest BCUT2D eigenvalue weighted by Crippen LogP contribution is -2.41. The van der Waals surface area contributed by atoms with Gasteiger partial charge in [0.25, 0.3) is 0 Å². The van der Waals surface area contributed by atoms with Crippen LogP contribution in [-0.4, -0.2) is 43.2 Å². The predicted octanol–water partition coefficient (Wildman–Crippen LogP) is 1.54. The first kappa shape index (κ1) is 13.1. The van der Waals surface area contributed by atoms with E-state index in [1.807, 2.05) is 6.07 Å². The van der Waals surface area contributed by atoms with E-state index in [9.17, 15) is 8.42 Å². The van der Waals surface area contributed by atoms with Crippen LogP contribution in [0.5, 0.6) is 0 Å². The Kier molecular flexibility index (Phi) is 3.17. The summed E-state index contributed by atoms with van der Waals surface area (Å²) in [5.74, 6) is 1.54. The van der Waals surface area contributed by atoms with E-state index < -0.39 is 9.84 Å². The summed E-state index contributed by atoms with van der Waals surface area (Å²) in [7, 11) is -2.81. The summed E-state index contributed by atoms with van der Waals surface area (Å²) in [6, 6.07) is 3.59. The van der Waals surface area contributed by atoms with E-state index in [0.717, 1.165) is 38.2 Å². The van der Waals surface area contributed by atoms with Crippen molar-refractivity contribution in [3.63, 3.8) is 0 Å². The van der Waals surface area contributed by atoms with Crippen molar-refractivity contribution in [2.24, 2.45) is 5.41 Å². The molecule has 2 saturated heterocycles. The number of aromatic nitrogens is 2. The highest BCUT2D eigenvalue weighted by atomic mass is 35.5. The molecule has 1 aromatic rings. The molecule has 3 heterocycles. The second kappa shape index (κ2) is 4.59. The lowest BCUT2D eigenvalue weighted by atomic mass is 9.78. The Bertz CT molecular complexity index is 565. The van der Waals surface area contributed by atoms with Crippen LogP contribution in [0.25, 0.3) is 0 Å². The lowest BCUT2D eigenvalue weighted by Gasteiger charge is -2.38. The van der Waals surface area contributed by atoms with Crippen LogP contribution < -0.4 is 4.90 Å². The largest absolute Gasteiger partial charge is 0.355 e. The summed E-state index contributed by atoms with van der Waals surface area (Å²) >= 11 is 5.72. The molecule has 0 atom stereocenters. The topological polar surface area (TPSA) is 63.2 Å². The van der Waals surface area contributed by atoms with Crippen LogP contribution in [-0.2, 0) is 9.84 Å². The van der Waals surface area contributed by atoms with Gasteiger partial charge in [0.1, 0.15) is 0 Å². The molecule has 0 aliphatic carbocycles. The van der Waals surface area contributed by atoms with Crippen molar-refractivity contribution in [2.45, 2.75) is 19.3 Å². The van der Waals surface area contributed by atoms with Gasteiger partial charge in [-0.05, 0) is 36.8 Å². The highest BCUT2D eigenvalue weighted by Crippen LogP contribution is 2.42. The number of halogens is 1. The van der Waals surface area contributed by atoms with E-state index in [1.165, 1.54) is 0 Å². The van der Waals surface area contributed by atoms with Gasteiger partial charge in [0.2, 0.25) is 0 Å². The quantitative estimate of drug-likeness (QED) is 0.787. The van der Waals surface area contributed by atoms with Crippen LogP contribution >= 0.6 is 11.6 Å². The molecule has 0 bridgehead atoms. The summed E-state index contributed by atoms with van der Waals surface area (Å²) in [4.78, 5) is 2.15. The van der Waals surface area contributed by atoms with E-state index in [1.54, 1.807) is 6.07 Å². The van der Waals surface area contributed by atoms with Crippen molar-refractivity contribution >= 4 is 27.3 Å². The molecule has 0 aromatic carbocycles. The van der Waals surface area contributed by atoms with Crippen molar-refractivity contribution in [3.05, 3.63) is 17.3 Å². The molecule has 2 aliphatic heterocycles. The molecule has 0 saturated carbocycles. The molecule has 1 aromatic heterocycles. The fourth-order valence-corrected chi connectivity index (χ4v) is 5.42. The first-order chi connectivity index (χ1) is 8.98. The molecule has 3 rings (SSSR count). The van der Waals surface area contributed by atoms with Gasteiger partial charge in [-0.2, -0.15) is 0 Å². The second-order valence-electron chi connectivity index (χ2n) is 5.54. The van der Waals surface area contributed by atoms with E-state index in [4.69, 9.17) is 11.6 Å². The van der Waals surface area contributed by atoms with E-state index in [2.05, 4.69) is 15.1 Å². The minimum Gasteiger partial charge on any atom is -0.355 e. The van der Waals surface area contributed by atoms with Crippen molar-refractivity contribution < 1.29 is 8.42 Å². The maximum Gasteiger partial charge on any atom is 0.151 e. The van der Waals surface area contributed by atoms with Crippen molar-refractivity contribution in [1.82, 2.24) is 10.2 Å². The Labute approximate surface area is 117 Å². The zero-order chi connectivity index (χ0) is 13.5. The van der Waals surface area contributed by atoms with Gasteiger partial charge in [0, 0.05) is 13.1 Å². The molecule has 0 unspecified atom stereocenters. The van der Waals surface area contributed by atoms with Crippen LogP contribution in [0.15, 0.2) is 12.1 Å². The van der Waals surface area contributed by atoms with E-state index in [-0.39, 0.29) is 5.41 Å². The van der Waals surface area contributed by atoms with Crippen LogP contribution in [0, 0.1) is 5.41 Å². The minimum absolute atomic E-state index is 0.00911. The fraction of sp³-hybridized carbons (Fsp3) is 0.667. The maximum atomic E-state index is 11.6. The maximum absolute atomic E-state index is 11.6. The molecule has 5 nitrogen and oxygen atoms in total. The van der Waals surface area contributed by atoms with Gasteiger partial charge in [0.15, 0.2) is 20.8 Å². The smallest absolute Gasteiger partial charge is 0.151 e. The molecule has 2 aliphatic rings. The number of nitrogens with zero attached hydrogens (tertiary/aromatic N) is 3. The van der Waals surface area contributed by atoms with Gasteiger partial charge in [-0.15, -0.1) is 10.2 Å². The SMILES string of the molecule is O=S1(=O)CCC2(CCN(c3ccc(Cl)nn3)CC2)C1. The summed E-state index contributed by atoms with van der Waals surface area (Å²) in [6.45, 7) is 1.68. The van der Waals surface area contributed by atoms with E-state index >= 15 is 0 Å². The zero-order valence-electron chi connectivity index (χ0n) is 10.5. The van der Waals surface area contributed by atoms with Crippen molar-refractivity contribution in [2.75, 3.05) is 29.5 Å². The number of anilines is 1. The number of hydrogen-bond donors (Lipinski definition) is 0. The van der Waals surface area contributed by atoms with Crippen LogP contribution in [0.1, 0.15) is 19.3 Å². The van der Waals surface area contributed by atoms with Crippen LogP contribution in [0.2, 0.25) is 5.15 Å². The third-order valence-electron chi connectivity index (χ3n) is 4.24. The molecule has 1 spiro atoms. The first-order valence-corrected chi connectivity index (χ1v) is 8.63. The average molecular weight is 302 g/mol. The van der Waals surface area contributed by atoms with Gasteiger partial charge in [-0.1, -0.05) is 11.6 Å². The standard InChI is InChI=1S/C12H16ClN3O2S/c13-10-1-2-11(15-14-10)16-6-3-12(4-7-16)5-8-19(17,18)9-12/h1-2H,3-9H2. The van der Waals surface area contributed by atoms with Gasteiger partial charge >= 0.3 is 0 Å². The Morgan fingerprint density at radius 2 is 1.89 bits per heavy atom. The highest BCUT2D eigenvalue weighted by molar-refractivity contribution is 7.91.